The Morgan fingerprint density at radius 2 is 1.85 bits per heavy atom. The summed E-state index contributed by atoms with van der Waals surface area (Å²) in [6.07, 6.45) is 0.856. The van der Waals surface area contributed by atoms with Gasteiger partial charge in [0, 0.05) is 18.8 Å². The Morgan fingerprint density at radius 1 is 1.10 bits per heavy atom. The van der Waals surface area contributed by atoms with Crippen molar-refractivity contribution < 1.29 is 9.13 Å². The molecule has 0 heterocycles. The Bertz CT molecular complexity index is 539. The van der Waals surface area contributed by atoms with Crippen molar-refractivity contribution in [3.8, 4) is 0 Å². The fourth-order valence-electron chi connectivity index (χ4n) is 2.23. The zero-order valence-electron chi connectivity index (χ0n) is 11.9. The van der Waals surface area contributed by atoms with Gasteiger partial charge in [-0.3, -0.25) is 0 Å². The maximum atomic E-state index is 12.9. The van der Waals surface area contributed by atoms with Gasteiger partial charge < -0.3 is 10.1 Å². The second kappa shape index (κ2) is 7.06. The number of hydrogen-bond acceptors (Lipinski definition) is 2. The van der Waals surface area contributed by atoms with Gasteiger partial charge in [0.2, 0.25) is 0 Å². The molecule has 1 unspecified atom stereocenters. The monoisotopic (exact) mass is 273 g/mol. The molecular formula is C17H20FNO. The molecule has 0 radical (unpaired) electrons. The average Bonchev–Trinajstić information content (AvgIpc) is 2.42. The summed E-state index contributed by atoms with van der Waals surface area (Å²) in [6, 6.07) is 15.1. The van der Waals surface area contributed by atoms with E-state index in [1.807, 2.05) is 30.3 Å². The summed E-state index contributed by atoms with van der Waals surface area (Å²) in [6.45, 7) is 2.73. The highest BCUT2D eigenvalue weighted by Crippen LogP contribution is 2.14. The molecule has 0 aromatic heterocycles. The molecule has 0 bridgehead atoms. The normalized spacial score (nSPS) is 12.2. The van der Waals surface area contributed by atoms with E-state index in [2.05, 4.69) is 18.3 Å². The third-order valence-electron chi connectivity index (χ3n) is 3.11. The van der Waals surface area contributed by atoms with Gasteiger partial charge in [0.25, 0.3) is 0 Å². The number of rotatable bonds is 6. The lowest BCUT2D eigenvalue weighted by Crippen LogP contribution is -2.18. The number of benzene rings is 2. The van der Waals surface area contributed by atoms with Gasteiger partial charge in [-0.25, -0.2) is 4.39 Å². The minimum atomic E-state index is -0.193. The Labute approximate surface area is 119 Å². The van der Waals surface area contributed by atoms with Crippen LogP contribution in [-0.2, 0) is 17.8 Å². The van der Waals surface area contributed by atoms with Crippen molar-refractivity contribution in [1.82, 2.24) is 0 Å². The predicted molar refractivity (Wildman–Crippen MR) is 80.3 cm³/mol. The van der Waals surface area contributed by atoms with E-state index in [1.165, 1.54) is 12.1 Å². The summed E-state index contributed by atoms with van der Waals surface area (Å²) >= 11 is 0. The quantitative estimate of drug-likeness (QED) is 0.858. The molecule has 2 rings (SSSR count). The van der Waals surface area contributed by atoms with Crippen molar-refractivity contribution in [2.75, 3.05) is 12.4 Å². The van der Waals surface area contributed by atoms with Crippen LogP contribution in [0.5, 0.6) is 0 Å². The molecule has 0 saturated carbocycles. The Hall–Kier alpha value is -1.87. The fourth-order valence-corrected chi connectivity index (χ4v) is 2.23. The third kappa shape index (κ3) is 4.35. The minimum absolute atomic E-state index is 0.193. The van der Waals surface area contributed by atoms with Crippen LogP contribution in [0.4, 0.5) is 10.1 Å². The van der Waals surface area contributed by atoms with Crippen LogP contribution in [0.15, 0.2) is 48.5 Å². The van der Waals surface area contributed by atoms with Crippen LogP contribution in [0.25, 0.3) is 0 Å². The summed E-state index contributed by atoms with van der Waals surface area (Å²) in [7, 11) is 1.69. The number of methoxy groups -OCH3 is 1. The zero-order chi connectivity index (χ0) is 14.4. The van der Waals surface area contributed by atoms with Gasteiger partial charge in [-0.05, 0) is 48.7 Å². The van der Waals surface area contributed by atoms with Gasteiger partial charge in [0.15, 0.2) is 0 Å². The molecule has 0 aliphatic heterocycles. The zero-order valence-corrected chi connectivity index (χ0v) is 11.9. The average molecular weight is 273 g/mol. The van der Waals surface area contributed by atoms with Crippen LogP contribution in [0.2, 0.25) is 0 Å². The lowest BCUT2D eigenvalue weighted by Gasteiger charge is -2.16. The standard InChI is InChI=1S/C17H20FNO/c1-13(10-14-6-8-16(18)9-7-14)19-17-5-3-4-15(11-17)12-20-2/h3-9,11,13,19H,10,12H2,1-2H3. The van der Waals surface area contributed by atoms with E-state index in [0.717, 1.165) is 23.2 Å². The van der Waals surface area contributed by atoms with Crippen LogP contribution in [0.3, 0.4) is 0 Å². The molecule has 0 aliphatic rings. The highest BCUT2D eigenvalue weighted by molar-refractivity contribution is 5.46. The maximum Gasteiger partial charge on any atom is 0.123 e. The number of nitrogens with one attached hydrogen (secondary N) is 1. The topological polar surface area (TPSA) is 21.3 Å². The van der Waals surface area contributed by atoms with E-state index in [4.69, 9.17) is 4.74 Å². The van der Waals surface area contributed by atoms with Gasteiger partial charge in [-0.1, -0.05) is 24.3 Å². The molecule has 106 valence electrons. The van der Waals surface area contributed by atoms with E-state index in [0.29, 0.717) is 6.61 Å². The first-order chi connectivity index (χ1) is 9.67. The van der Waals surface area contributed by atoms with E-state index in [9.17, 15) is 4.39 Å². The first-order valence-electron chi connectivity index (χ1n) is 6.76. The second-order valence-corrected chi connectivity index (χ2v) is 5.01. The number of halogens is 1. The molecule has 0 amide bonds. The fraction of sp³-hybridized carbons (Fsp3) is 0.294. The second-order valence-electron chi connectivity index (χ2n) is 5.01. The smallest absolute Gasteiger partial charge is 0.123 e. The summed E-state index contributed by atoms with van der Waals surface area (Å²) in [5.41, 5.74) is 3.35. The number of anilines is 1. The van der Waals surface area contributed by atoms with E-state index < -0.39 is 0 Å². The summed E-state index contributed by atoms with van der Waals surface area (Å²) in [4.78, 5) is 0. The van der Waals surface area contributed by atoms with E-state index in [1.54, 1.807) is 7.11 Å². The van der Waals surface area contributed by atoms with Gasteiger partial charge in [0.05, 0.1) is 6.61 Å². The highest BCUT2D eigenvalue weighted by atomic mass is 19.1. The summed E-state index contributed by atoms with van der Waals surface area (Å²) in [5, 5.41) is 3.45. The molecule has 2 aromatic rings. The SMILES string of the molecule is COCc1cccc(NC(C)Cc2ccc(F)cc2)c1. The Morgan fingerprint density at radius 3 is 2.55 bits per heavy atom. The Kier molecular flexibility index (Phi) is 5.13. The van der Waals surface area contributed by atoms with Gasteiger partial charge in [-0.15, -0.1) is 0 Å². The van der Waals surface area contributed by atoms with Crippen LogP contribution in [0.1, 0.15) is 18.1 Å². The lowest BCUT2D eigenvalue weighted by molar-refractivity contribution is 0.185. The summed E-state index contributed by atoms with van der Waals surface area (Å²) in [5.74, 6) is -0.193. The van der Waals surface area contributed by atoms with Crippen molar-refractivity contribution >= 4 is 5.69 Å². The number of ether oxygens (including phenoxy) is 1. The summed E-state index contributed by atoms with van der Waals surface area (Å²) < 4.78 is 18.0. The molecule has 0 saturated heterocycles. The first-order valence-corrected chi connectivity index (χ1v) is 6.76. The van der Waals surface area contributed by atoms with Crippen LogP contribution >= 0.6 is 0 Å². The van der Waals surface area contributed by atoms with Gasteiger partial charge in [0.1, 0.15) is 5.82 Å². The molecule has 2 nitrogen and oxygen atoms in total. The van der Waals surface area contributed by atoms with Crippen molar-refractivity contribution in [2.45, 2.75) is 26.0 Å². The van der Waals surface area contributed by atoms with Crippen molar-refractivity contribution in [3.63, 3.8) is 0 Å². The molecular weight excluding hydrogens is 253 g/mol. The van der Waals surface area contributed by atoms with Crippen molar-refractivity contribution in [2.24, 2.45) is 0 Å². The molecule has 1 N–H and O–H groups in total. The third-order valence-corrected chi connectivity index (χ3v) is 3.11. The Balaban J connectivity index is 1.95. The highest BCUT2D eigenvalue weighted by Gasteiger charge is 2.04. The van der Waals surface area contributed by atoms with E-state index in [-0.39, 0.29) is 11.9 Å². The van der Waals surface area contributed by atoms with Crippen molar-refractivity contribution in [1.29, 1.82) is 0 Å². The minimum Gasteiger partial charge on any atom is -0.382 e. The van der Waals surface area contributed by atoms with E-state index >= 15 is 0 Å². The molecule has 0 fully saturated rings. The molecule has 0 aliphatic carbocycles. The molecule has 3 heteroatoms. The molecule has 1 atom stereocenters. The van der Waals surface area contributed by atoms with Crippen molar-refractivity contribution in [3.05, 3.63) is 65.5 Å². The maximum absolute atomic E-state index is 12.9. The van der Waals surface area contributed by atoms with Gasteiger partial charge >= 0.3 is 0 Å². The predicted octanol–water partition coefficient (Wildman–Crippen LogP) is 4.02. The van der Waals surface area contributed by atoms with Crippen LogP contribution in [0, 0.1) is 5.82 Å². The molecule has 20 heavy (non-hydrogen) atoms. The lowest BCUT2D eigenvalue weighted by atomic mass is 10.1. The largest absolute Gasteiger partial charge is 0.382 e. The first kappa shape index (κ1) is 14.5. The number of hydrogen-bond donors (Lipinski definition) is 1. The van der Waals surface area contributed by atoms with Gasteiger partial charge in [-0.2, -0.15) is 0 Å². The molecule has 2 aromatic carbocycles. The molecule has 0 spiro atoms. The van der Waals surface area contributed by atoms with Crippen LogP contribution in [-0.4, -0.2) is 13.2 Å². The van der Waals surface area contributed by atoms with Crippen LogP contribution < -0.4 is 5.32 Å².